The van der Waals surface area contributed by atoms with Gasteiger partial charge in [-0.05, 0) is 19.3 Å². The standard InChI is InChI=1S/C11H25N2O5P/c12-4-9-17-10-7-13(5-2-1-3-6-13)8-11-18-19(14,15)16/h1-12H2,(H-,14,15,16)/p+1. The van der Waals surface area contributed by atoms with Crippen molar-refractivity contribution in [3.05, 3.63) is 0 Å². The van der Waals surface area contributed by atoms with E-state index >= 15 is 0 Å². The van der Waals surface area contributed by atoms with Crippen molar-refractivity contribution < 1.29 is 28.1 Å². The summed E-state index contributed by atoms with van der Waals surface area (Å²) in [5.41, 5.74) is 5.37. The van der Waals surface area contributed by atoms with E-state index in [0.29, 0.717) is 26.3 Å². The second-order valence-electron chi connectivity index (χ2n) is 5.02. The summed E-state index contributed by atoms with van der Waals surface area (Å²) < 4.78 is 21.5. The first-order chi connectivity index (χ1) is 8.97. The number of nitrogens with zero attached hydrogens (tertiary/aromatic N) is 1. The van der Waals surface area contributed by atoms with E-state index in [0.717, 1.165) is 37.0 Å². The molecule has 0 radical (unpaired) electrons. The van der Waals surface area contributed by atoms with Gasteiger partial charge in [-0.15, -0.1) is 0 Å². The molecule has 4 N–H and O–H groups in total. The smallest absolute Gasteiger partial charge is 0.374 e. The van der Waals surface area contributed by atoms with Crippen LogP contribution in [0.4, 0.5) is 0 Å². The Hall–Kier alpha value is -0.0100. The maximum Gasteiger partial charge on any atom is 0.469 e. The average molecular weight is 297 g/mol. The molecule has 1 heterocycles. The predicted molar refractivity (Wildman–Crippen MR) is 71.4 cm³/mol. The molecule has 1 aliphatic heterocycles. The molecule has 0 aliphatic carbocycles. The third-order valence-corrected chi connectivity index (χ3v) is 4.08. The molecule has 0 atom stereocenters. The second-order valence-corrected chi connectivity index (χ2v) is 6.26. The van der Waals surface area contributed by atoms with Crippen LogP contribution >= 0.6 is 7.82 Å². The molecule has 0 aromatic carbocycles. The van der Waals surface area contributed by atoms with Crippen LogP contribution in [0.25, 0.3) is 0 Å². The van der Waals surface area contributed by atoms with E-state index < -0.39 is 7.82 Å². The Balaban J connectivity index is 2.38. The SMILES string of the molecule is NCCOCC[N+]1(CCOP(=O)(O)O)CCCCC1. The van der Waals surface area contributed by atoms with Gasteiger partial charge >= 0.3 is 7.82 Å². The van der Waals surface area contributed by atoms with Gasteiger partial charge in [0, 0.05) is 6.54 Å². The summed E-state index contributed by atoms with van der Waals surface area (Å²) in [6.45, 7) is 5.31. The van der Waals surface area contributed by atoms with E-state index in [-0.39, 0.29) is 6.61 Å². The quantitative estimate of drug-likeness (QED) is 0.316. The molecular formula is C11H26N2O5P+. The van der Waals surface area contributed by atoms with E-state index in [1.54, 1.807) is 0 Å². The van der Waals surface area contributed by atoms with E-state index in [2.05, 4.69) is 4.52 Å². The molecular weight excluding hydrogens is 271 g/mol. The Labute approximate surface area is 114 Å². The van der Waals surface area contributed by atoms with Gasteiger partial charge in [0.15, 0.2) is 0 Å². The van der Waals surface area contributed by atoms with Crippen molar-refractivity contribution >= 4 is 7.82 Å². The van der Waals surface area contributed by atoms with Gasteiger partial charge in [-0.1, -0.05) is 0 Å². The number of ether oxygens (including phenoxy) is 1. The maximum absolute atomic E-state index is 10.7. The van der Waals surface area contributed by atoms with Gasteiger partial charge in [0.2, 0.25) is 0 Å². The normalized spacial score (nSPS) is 19.5. The van der Waals surface area contributed by atoms with E-state index in [9.17, 15) is 4.57 Å². The number of hydrogen-bond acceptors (Lipinski definition) is 4. The molecule has 114 valence electrons. The number of hydrogen-bond donors (Lipinski definition) is 3. The molecule has 0 spiro atoms. The Kier molecular flexibility index (Phi) is 7.46. The van der Waals surface area contributed by atoms with Gasteiger partial charge in [-0.25, -0.2) is 4.57 Å². The number of phosphoric ester groups is 1. The fraction of sp³-hybridized carbons (Fsp3) is 1.00. The van der Waals surface area contributed by atoms with Gasteiger partial charge < -0.3 is 24.7 Å². The zero-order chi connectivity index (χ0) is 14.2. The van der Waals surface area contributed by atoms with Crippen molar-refractivity contribution in [2.24, 2.45) is 5.73 Å². The van der Waals surface area contributed by atoms with Gasteiger partial charge in [-0.3, -0.25) is 4.52 Å². The number of likely N-dealkylation sites (tertiary alicyclic amines) is 1. The fourth-order valence-corrected chi connectivity index (χ4v) is 2.86. The summed E-state index contributed by atoms with van der Waals surface area (Å²) >= 11 is 0. The number of phosphoric acid groups is 1. The first kappa shape index (κ1) is 17.0. The summed E-state index contributed by atoms with van der Waals surface area (Å²) in [5, 5.41) is 0. The van der Waals surface area contributed by atoms with Crippen molar-refractivity contribution in [3.8, 4) is 0 Å². The first-order valence-electron chi connectivity index (χ1n) is 6.80. The topological polar surface area (TPSA) is 102 Å². The van der Waals surface area contributed by atoms with Crippen molar-refractivity contribution in [1.29, 1.82) is 0 Å². The van der Waals surface area contributed by atoms with Gasteiger partial charge in [0.25, 0.3) is 0 Å². The van der Waals surface area contributed by atoms with Crippen LogP contribution in [0.1, 0.15) is 19.3 Å². The Morgan fingerprint density at radius 1 is 1.05 bits per heavy atom. The van der Waals surface area contributed by atoms with Crippen LogP contribution in [-0.4, -0.2) is 66.8 Å². The summed E-state index contributed by atoms with van der Waals surface area (Å²) in [6, 6.07) is 0. The summed E-state index contributed by atoms with van der Waals surface area (Å²) in [4.78, 5) is 17.4. The molecule has 0 saturated carbocycles. The van der Waals surface area contributed by atoms with Gasteiger partial charge in [0.05, 0.1) is 26.3 Å². The van der Waals surface area contributed by atoms with E-state index in [1.165, 1.54) is 6.42 Å². The third-order valence-electron chi connectivity index (χ3n) is 3.56. The van der Waals surface area contributed by atoms with E-state index in [1.807, 2.05) is 0 Å². The highest BCUT2D eigenvalue weighted by Crippen LogP contribution is 2.35. The number of piperidine rings is 1. The highest BCUT2D eigenvalue weighted by Gasteiger charge is 2.30. The third kappa shape index (κ3) is 7.37. The van der Waals surface area contributed by atoms with Crippen LogP contribution in [0.3, 0.4) is 0 Å². The minimum atomic E-state index is -4.36. The maximum atomic E-state index is 10.7. The van der Waals surface area contributed by atoms with Gasteiger partial charge in [0.1, 0.15) is 19.7 Å². The average Bonchev–Trinajstić information content (AvgIpc) is 2.34. The molecule has 8 heteroatoms. The monoisotopic (exact) mass is 297 g/mol. The van der Waals surface area contributed by atoms with Crippen molar-refractivity contribution in [1.82, 2.24) is 0 Å². The lowest BCUT2D eigenvalue weighted by atomic mass is 10.1. The Morgan fingerprint density at radius 3 is 2.26 bits per heavy atom. The first-order valence-corrected chi connectivity index (χ1v) is 8.33. The minimum absolute atomic E-state index is 0.0845. The molecule has 0 aromatic rings. The summed E-state index contributed by atoms with van der Waals surface area (Å²) in [7, 11) is -4.36. The lowest BCUT2D eigenvalue weighted by molar-refractivity contribution is -0.932. The van der Waals surface area contributed by atoms with Crippen molar-refractivity contribution in [2.45, 2.75) is 19.3 Å². The molecule has 7 nitrogen and oxygen atoms in total. The summed E-state index contributed by atoms with van der Waals surface area (Å²) in [6.07, 6.45) is 3.52. The van der Waals surface area contributed by atoms with Crippen LogP contribution < -0.4 is 5.73 Å². The largest absolute Gasteiger partial charge is 0.469 e. The predicted octanol–water partition coefficient (Wildman–Crippen LogP) is 0.0717. The lowest BCUT2D eigenvalue weighted by Gasteiger charge is -2.41. The van der Waals surface area contributed by atoms with E-state index in [4.69, 9.17) is 20.3 Å². The highest BCUT2D eigenvalue weighted by atomic mass is 31.2. The van der Waals surface area contributed by atoms with Crippen molar-refractivity contribution in [3.63, 3.8) is 0 Å². The van der Waals surface area contributed by atoms with Crippen LogP contribution in [0.5, 0.6) is 0 Å². The molecule has 0 bridgehead atoms. The molecule has 1 rings (SSSR count). The lowest BCUT2D eigenvalue weighted by Crippen LogP contribution is -2.54. The Morgan fingerprint density at radius 2 is 1.68 bits per heavy atom. The number of nitrogens with two attached hydrogens (primary N) is 1. The van der Waals surface area contributed by atoms with Crippen LogP contribution in [0.2, 0.25) is 0 Å². The zero-order valence-corrected chi connectivity index (χ0v) is 12.3. The van der Waals surface area contributed by atoms with Crippen LogP contribution in [-0.2, 0) is 13.8 Å². The van der Waals surface area contributed by atoms with Gasteiger partial charge in [-0.2, -0.15) is 0 Å². The number of quaternary nitrogens is 1. The molecule has 1 saturated heterocycles. The van der Waals surface area contributed by atoms with Crippen molar-refractivity contribution in [2.75, 3.05) is 52.5 Å². The zero-order valence-electron chi connectivity index (χ0n) is 11.4. The molecule has 19 heavy (non-hydrogen) atoms. The van der Waals surface area contributed by atoms with Crippen LogP contribution in [0.15, 0.2) is 0 Å². The summed E-state index contributed by atoms with van der Waals surface area (Å²) in [5.74, 6) is 0. The Bertz CT molecular complexity index is 291. The van der Waals surface area contributed by atoms with Crippen LogP contribution in [0, 0.1) is 0 Å². The fourth-order valence-electron chi connectivity index (χ4n) is 2.54. The number of rotatable bonds is 9. The highest BCUT2D eigenvalue weighted by molar-refractivity contribution is 7.46. The minimum Gasteiger partial charge on any atom is -0.374 e. The molecule has 0 unspecified atom stereocenters. The molecule has 0 aromatic heterocycles. The molecule has 1 aliphatic rings. The molecule has 0 amide bonds. The molecule has 1 fully saturated rings. The second kappa shape index (κ2) is 8.32.